The molecule has 1 aromatic rings. The Hall–Kier alpha value is -1.13. The first-order valence-corrected chi connectivity index (χ1v) is 5.94. The van der Waals surface area contributed by atoms with Gasteiger partial charge in [0.05, 0.1) is 0 Å². The third kappa shape index (κ3) is 4.27. The van der Waals surface area contributed by atoms with Crippen molar-refractivity contribution in [2.45, 2.75) is 25.8 Å². The highest BCUT2D eigenvalue weighted by Gasteiger charge is 2.19. The van der Waals surface area contributed by atoms with E-state index in [0.29, 0.717) is 18.2 Å². The van der Waals surface area contributed by atoms with Gasteiger partial charge in [-0.1, -0.05) is 6.07 Å². The van der Waals surface area contributed by atoms with Gasteiger partial charge >= 0.3 is 0 Å². The fourth-order valence-electron chi connectivity index (χ4n) is 1.67. The molecular formula is C13H18ClFN2O. The van der Waals surface area contributed by atoms with Gasteiger partial charge in [-0.15, -0.1) is 12.4 Å². The molecule has 0 radical (unpaired) electrons. The van der Waals surface area contributed by atoms with Gasteiger partial charge < -0.3 is 10.6 Å². The van der Waals surface area contributed by atoms with Crippen LogP contribution in [0.2, 0.25) is 0 Å². The Bertz CT molecular complexity index is 421. The Balaban J connectivity index is 0.00000162. The van der Waals surface area contributed by atoms with Crippen LogP contribution in [0.25, 0.3) is 0 Å². The fraction of sp³-hybridized carbons (Fsp3) is 0.462. The standard InChI is InChI=1S/C13H17FN2O.ClH/c1-9-2-3-10(14)8-12(9)13(17)16-7-6-15-11-4-5-11;/h2-3,8,11,15H,4-7H2,1H3,(H,16,17);1H. The summed E-state index contributed by atoms with van der Waals surface area (Å²) >= 11 is 0. The van der Waals surface area contributed by atoms with Crippen LogP contribution < -0.4 is 10.6 Å². The lowest BCUT2D eigenvalue weighted by molar-refractivity contribution is 0.0953. The quantitative estimate of drug-likeness (QED) is 0.806. The van der Waals surface area contributed by atoms with Gasteiger partial charge in [0.25, 0.3) is 5.91 Å². The average Bonchev–Trinajstić information content (AvgIpc) is 3.11. The molecule has 0 heterocycles. The van der Waals surface area contributed by atoms with E-state index in [9.17, 15) is 9.18 Å². The molecule has 1 fully saturated rings. The van der Waals surface area contributed by atoms with Crippen molar-refractivity contribution < 1.29 is 9.18 Å². The summed E-state index contributed by atoms with van der Waals surface area (Å²) in [6.45, 7) is 3.15. The summed E-state index contributed by atoms with van der Waals surface area (Å²) in [4.78, 5) is 11.8. The highest BCUT2D eigenvalue weighted by molar-refractivity contribution is 5.95. The van der Waals surface area contributed by atoms with E-state index in [2.05, 4.69) is 10.6 Å². The molecule has 0 atom stereocenters. The van der Waals surface area contributed by atoms with Crippen LogP contribution in [0.1, 0.15) is 28.8 Å². The van der Waals surface area contributed by atoms with Gasteiger partial charge in [0, 0.05) is 24.7 Å². The summed E-state index contributed by atoms with van der Waals surface area (Å²) < 4.78 is 13.0. The number of nitrogens with one attached hydrogen (secondary N) is 2. The molecule has 5 heteroatoms. The summed E-state index contributed by atoms with van der Waals surface area (Å²) in [5, 5.41) is 6.08. The minimum atomic E-state index is -0.378. The third-order valence-corrected chi connectivity index (χ3v) is 2.87. The van der Waals surface area contributed by atoms with E-state index in [-0.39, 0.29) is 24.1 Å². The summed E-state index contributed by atoms with van der Waals surface area (Å²) in [5.74, 6) is -0.587. The molecule has 1 saturated carbocycles. The number of hydrogen-bond donors (Lipinski definition) is 2. The number of aryl methyl sites for hydroxylation is 1. The zero-order valence-electron chi connectivity index (χ0n) is 10.3. The molecule has 0 saturated heterocycles. The SMILES string of the molecule is Cc1ccc(F)cc1C(=O)NCCNC1CC1.Cl. The predicted molar refractivity (Wildman–Crippen MR) is 71.7 cm³/mol. The Kier molecular flexibility index (Phi) is 5.56. The number of rotatable bonds is 5. The topological polar surface area (TPSA) is 41.1 Å². The van der Waals surface area contributed by atoms with Crippen molar-refractivity contribution in [2.24, 2.45) is 0 Å². The lowest BCUT2D eigenvalue weighted by atomic mass is 10.1. The maximum atomic E-state index is 13.0. The summed E-state index contributed by atoms with van der Waals surface area (Å²) in [6.07, 6.45) is 2.47. The van der Waals surface area contributed by atoms with E-state index in [1.54, 1.807) is 13.0 Å². The first-order valence-electron chi connectivity index (χ1n) is 5.94. The zero-order chi connectivity index (χ0) is 12.3. The van der Waals surface area contributed by atoms with Gasteiger partial charge in [-0.05, 0) is 37.5 Å². The normalized spacial score (nSPS) is 13.9. The molecule has 1 aromatic carbocycles. The molecule has 0 bridgehead atoms. The van der Waals surface area contributed by atoms with E-state index in [0.717, 1.165) is 12.1 Å². The Labute approximate surface area is 113 Å². The highest BCUT2D eigenvalue weighted by atomic mass is 35.5. The second kappa shape index (κ2) is 6.71. The van der Waals surface area contributed by atoms with E-state index < -0.39 is 0 Å². The number of halogens is 2. The van der Waals surface area contributed by atoms with Gasteiger partial charge in [0.1, 0.15) is 5.82 Å². The van der Waals surface area contributed by atoms with Gasteiger partial charge in [0.2, 0.25) is 0 Å². The zero-order valence-corrected chi connectivity index (χ0v) is 11.1. The van der Waals surface area contributed by atoms with E-state index in [1.165, 1.54) is 25.0 Å². The average molecular weight is 273 g/mol. The smallest absolute Gasteiger partial charge is 0.251 e. The van der Waals surface area contributed by atoms with Crippen molar-refractivity contribution in [3.05, 3.63) is 35.1 Å². The van der Waals surface area contributed by atoms with Gasteiger partial charge in [-0.2, -0.15) is 0 Å². The summed E-state index contributed by atoms with van der Waals surface area (Å²) in [5.41, 5.74) is 1.20. The van der Waals surface area contributed by atoms with Crippen molar-refractivity contribution in [1.82, 2.24) is 10.6 Å². The summed E-state index contributed by atoms with van der Waals surface area (Å²) in [6, 6.07) is 4.90. The summed E-state index contributed by atoms with van der Waals surface area (Å²) in [7, 11) is 0. The first kappa shape index (κ1) is 14.9. The Morgan fingerprint density at radius 3 is 2.78 bits per heavy atom. The molecule has 3 nitrogen and oxygen atoms in total. The van der Waals surface area contributed by atoms with Crippen LogP contribution in [-0.2, 0) is 0 Å². The molecule has 0 unspecified atom stereocenters. The predicted octanol–water partition coefficient (Wildman–Crippen LogP) is 2.04. The molecule has 1 aliphatic carbocycles. The molecule has 0 spiro atoms. The molecule has 18 heavy (non-hydrogen) atoms. The number of carbonyl (C=O) groups is 1. The van der Waals surface area contributed by atoms with Crippen LogP contribution in [0.3, 0.4) is 0 Å². The van der Waals surface area contributed by atoms with Crippen molar-refractivity contribution >= 4 is 18.3 Å². The maximum Gasteiger partial charge on any atom is 0.251 e. The van der Waals surface area contributed by atoms with Crippen LogP contribution >= 0.6 is 12.4 Å². The lowest BCUT2D eigenvalue weighted by Crippen LogP contribution is -2.33. The third-order valence-electron chi connectivity index (χ3n) is 2.87. The van der Waals surface area contributed by atoms with Crippen molar-refractivity contribution in [1.29, 1.82) is 0 Å². The molecule has 0 aromatic heterocycles. The fourth-order valence-corrected chi connectivity index (χ4v) is 1.67. The van der Waals surface area contributed by atoms with E-state index >= 15 is 0 Å². The van der Waals surface area contributed by atoms with Crippen molar-refractivity contribution in [2.75, 3.05) is 13.1 Å². The second-order valence-electron chi connectivity index (χ2n) is 4.44. The molecule has 1 amide bonds. The molecule has 0 aliphatic heterocycles. The Morgan fingerprint density at radius 2 is 2.11 bits per heavy atom. The molecule has 100 valence electrons. The number of carbonyl (C=O) groups excluding carboxylic acids is 1. The lowest BCUT2D eigenvalue weighted by Gasteiger charge is -2.08. The molecule has 2 rings (SSSR count). The van der Waals surface area contributed by atoms with Crippen molar-refractivity contribution in [3.8, 4) is 0 Å². The first-order chi connectivity index (χ1) is 8.16. The monoisotopic (exact) mass is 272 g/mol. The minimum absolute atomic E-state index is 0. The van der Waals surface area contributed by atoms with Crippen LogP contribution in [0.4, 0.5) is 4.39 Å². The molecule has 1 aliphatic rings. The van der Waals surface area contributed by atoms with Gasteiger partial charge in [-0.3, -0.25) is 4.79 Å². The van der Waals surface area contributed by atoms with Crippen molar-refractivity contribution in [3.63, 3.8) is 0 Å². The van der Waals surface area contributed by atoms with Gasteiger partial charge in [-0.25, -0.2) is 4.39 Å². The largest absolute Gasteiger partial charge is 0.351 e. The van der Waals surface area contributed by atoms with E-state index in [1.807, 2.05) is 0 Å². The highest BCUT2D eigenvalue weighted by Crippen LogP contribution is 2.17. The van der Waals surface area contributed by atoms with Gasteiger partial charge in [0.15, 0.2) is 0 Å². The van der Waals surface area contributed by atoms with Crippen LogP contribution in [0.15, 0.2) is 18.2 Å². The number of benzene rings is 1. The second-order valence-corrected chi connectivity index (χ2v) is 4.44. The number of hydrogen-bond acceptors (Lipinski definition) is 2. The van der Waals surface area contributed by atoms with Crippen LogP contribution in [-0.4, -0.2) is 25.0 Å². The molecule has 2 N–H and O–H groups in total. The van der Waals surface area contributed by atoms with Crippen LogP contribution in [0.5, 0.6) is 0 Å². The minimum Gasteiger partial charge on any atom is -0.351 e. The van der Waals surface area contributed by atoms with E-state index in [4.69, 9.17) is 0 Å². The van der Waals surface area contributed by atoms with Crippen LogP contribution in [0, 0.1) is 12.7 Å². The number of amides is 1. The maximum absolute atomic E-state index is 13.0. The molecular weight excluding hydrogens is 255 g/mol. The Morgan fingerprint density at radius 1 is 1.39 bits per heavy atom.